The quantitative estimate of drug-likeness (QED) is 0.365. The molecule has 1 heterocycles. The lowest BCUT2D eigenvalue weighted by atomic mass is 9.69. The zero-order valence-corrected chi connectivity index (χ0v) is 19.9. The topological polar surface area (TPSA) is 105 Å². The highest BCUT2D eigenvalue weighted by molar-refractivity contribution is 6.10. The number of benzene rings is 1. The van der Waals surface area contributed by atoms with Gasteiger partial charge in [0.05, 0.1) is 12.6 Å². The molecule has 1 aliphatic heterocycles. The van der Waals surface area contributed by atoms with Crippen molar-refractivity contribution in [3.63, 3.8) is 0 Å². The van der Waals surface area contributed by atoms with E-state index in [1.54, 1.807) is 13.8 Å². The maximum Gasteiger partial charge on any atom is 0.331 e. The van der Waals surface area contributed by atoms with E-state index < -0.39 is 35.3 Å². The number of carboxylic acids is 1. The SMILES string of the molecule is CCOC(=O)C(CCc1ccccc1)N[C@@H](C)C(=O)[C@]1(C(=O)O)CCCC2(CCCCC2)N1. The number of piperidine rings is 1. The number of carboxylic acid groups (broad SMARTS) is 1. The van der Waals surface area contributed by atoms with Gasteiger partial charge >= 0.3 is 11.9 Å². The Kier molecular flexibility index (Phi) is 8.65. The van der Waals surface area contributed by atoms with Crippen LogP contribution in [0.3, 0.4) is 0 Å². The molecule has 182 valence electrons. The standard InChI is InChI=1S/C26H38N2O5/c1-3-33-23(30)21(14-13-20-11-6-4-7-12-20)27-19(2)22(29)26(24(31)32)18-10-17-25(28-26)15-8-5-9-16-25/h4,6-7,11-12,19,21,27-28H,3,5,8-10,13-18H2,1-2H3,(H,31,32)/t19-,21?,26-/m0/s1. The summed E-state index contributed by atoms with van der Waals surface area (Å²) in [6.07, 6.45) is 8.03. The highest BCUT2D eigenvalue weighted by Gasteiger charge is 2.54. The Morgan fingerprint density at radius 3 is 2.36 bits per heavy atom. The number of ketones is 1. The number of rotatable bonds is 10. The summed E-state index contributed by atoms with van der Waals surface area (Å²) in [4.78, 5) is 38.7. The number of aryl methyl sites for hydroxylation is 1. The lowest BCUT2D eigenvalue weighted by Crippen LogP contribution is -2.71. The number of nitrogens with one attached hydrogen (secondary N) is 2. The summed E-state index contributed by atoms with van der Waals surface area (Å²) in [5.41, 5.74) is -0.818. The van der Waals surface area contributed by atoms with Crippen LogP contribution in [-0.2, 0) is 25.5 Å². The lowest BCUT2D eigenvalue weighted by Gasteiger charge is -2.49. The van der Waals surface area contributed by atoms with Crippen molar-refractivity contribution in [2.45, 2.75) is 101 Å². The molecule has 2 aliphatic rings. The first kappa shape index (κ1) is 25.4. The second-order valence-electron chi connectivity index (χ2n) is 9.61. The van der Waals surface area contributed by atoms with Gasteiger partial charge in [-0.25, -0.2) is 4.79 Å². The lowest BCUT2D eigenvalue weighted by molar-refractivity contribution is -0.155. The monoisotopic (exact) mass is 458 g/mol. The second kappa shape index (κ2) is 11.3. The number of Topliss-reactive ketones (excluding diaryl/α,β-unsaturated/α-hetero) is 1. The van der Waals surface area contributed by atoms with Crippen LogP contribution < -0.4 is 10.6 Å². The van der Waals surface area contributed by atoms with E-state index in [4.69, 9.17) is 4.74 Å². The molecule has 0 amide bonds. The fourth-order valence-corrected chi connectivity index (χ4v) is 5.54. The van der Waals surface area contributed by atoms with Crippen molar-refractivity contribution in [3.8, 4) is 0 Å². The number of hydrogen-bond acceptors (Lipinski definition) is 6. The molecule has 2 fully saturated rings. The molecule has 1 saturated heterocycles. The Hall–Kier alpha value is -2.25. The number of esters is 1. The second-order valence-corrected chi connectivity index (χ2v) is 9.61. The third-order valence-corrected chi connectivity index (χ3v) is 7.26. The van der Waals surface area contributed by atoms with Gasteiger partial charge in [-0.1, -0.05) is 49.6 Å². The predicted molar refractivity (Wildman–Crippen MR) is 126 cm³/mol. The highest BCUT2D eigenvalue weighted by atomic mass is 16.5. The maximum absolute atomic E-state index is 13.6. The molecule has 7 nitrogen and oxygen atoms in total. The van der Waals surface area contributed by atoms with Crippen molar-refractivity contribution < 1.29 is 24.2 Å². The molecule has 1 aliphatic carbocycles. The van der Waals surface area contributed by atoms with Crippen molar-refractivity contribution in [1.29, 1.82) is 0 Å². The largest absolute Gasteiger partial charge is 0.480 e. The molecule has 1 saturated carbocycles. The van der Waals surface area contributed by atoms with Gasteiger partial charge in [0.25, 0.3) is 0 Å². The van der Waals surface area contributed by atoms with E-state index in [0.717, 1.165) is 44.1 Å². The van der Waals surface area contributed by atoms with Crippen molar-refractivity contribution in [3.05, 3.63) is 35.9 Å². The normalized spacial score (nSPS) is 24.1. The molecule has 0 bridgehead atoms. The van der Waals surface area contributed by atoms with Gasteiger partial charge in [-0.3, -0.25) is 20.2 Å². The van der Waals surface area contributed by atoms with Crippen LogP contribution >= 0.6 is 0 Å². The Morgan fingerprint density at radius 1 is 1.06 bits per heavy atom. The van der Waals surface area contributed by atoms with Gasteiger partial charge < -0.3 is 9.84 Å². The number of hydrogen-bond donors (Lipinski definition) is 3. The van der Waals surface area contributed by atoms with Crippen molar-refractivity contribution in [2.24, 2.45) is 0 Å². The molecule has 0 radical (unpaired) electrons. The van der Waals surface area contributed by atoms with Crippen molar-refractivity contribution in [2.75, 3.05) is 6.61 Å². The fourth-order valence-electron chi connectivity index (χ4n) is 5.54. The van der Waals surface area contributed by atoms with E-state index in [2.05, 4.69) is 10.6 Å². The molecule has 1 aromatic rings. The third-order valence-electron chi connectivity index (χ3n) is 7.26. The van der Waals surface area contributed by atoms with Crippen LogP contribution in [0.25, 0.3) is 0 Å². The molecule has 3 rings (SSSR count). The fraction of sp³-hybridized carbons (Fsp3) is 0.654. The average molecular weight is 459 g/mol. The summed E-state index contributed by atoms with van der Waals surface area (Å²) >= 11 is 0. The number of ether oxygens (including phenoxy) is 1. The minimum atomic E-state index is -1.62. The van der Waals surface area contributed by atoms with Crippen LogP contribution in [0.2, 0.25) is 0 Å². The molecule has 1 unspecified atom stereocenters. The molecule has 1 spiro atoms. The van der Waals surface area contributed by atoms with Crippen molar-refractivity contribution in [1.82, 2.24) is 10.6 Å². The van der Waals surface area contributed by atoms with Crippen LogP contribution in [0.4, 0.5) is 0 Å². The molecule has 1 aromatic carbocycles. The molecule has 7 heteroatoms. The van der Waals surface area contributed by atoms with Gasteiger partial charge in [-0.15, -0.1) is 0 Å². The Bertz CT molecular complexity index is 816. The minimum absolute atomic E-state index is 0.244. The first-order valence-electron chi connectivity index (χ1n) is 12.4. The summed E-state index contributed by atoms with van der Waals surface area (Å²) in [6.45, 7) is 3.65. The smallest absolute Gasteiger partial charge is 0.331 e. The van der Waals surface area contributed by atoms with Gasteiger partial charge in [0.2, 0.25) is 0 Å². The highest BCUT2D eigenvalue weighted by Crippen LogP contribution is 2.40. The summed E-state index contributed by atoms with van der Waals surface area (Å²) in [7, 11) is 0. The zero-order chi connectivity index (χ0) is 23.9. The van der Waals surface area contributed by atoms with Crippen LogP contribution in [0.15, 0.2) is 30.3 Å². The molecular weight excluding hydrogens is 420 g/mol. The first-order valence-corrected chi connectivity index (χ1v) is 12.4. The Balaban J connectivity index is 1.74. The minimum Gasteiger partial charge on any atom is -0.480 e. The van der Waals surface area contributed by atoms with Gasteiger partial charge in [0, 0.05) is 5.54 Å². The summed E-state index contributed by atoms with van der Waals surface area (Å²) < 4.78 is 5.24. The van der Waals surface area contributed by atoms with E-state index >= 15 is 0 Å². The van der Waals surface area contributed by atoms with E-state index in [0.29, 0.717) is 19.3 Å². The van der Waals surface area contributed by atoms with Crippen LogP contribution in [0.1, 0.15) is 77.2 Å². The van der Waals surface area contributed by atoms with Gasteiger partial charge in [-0.2, -0.15) is 0 Å². The van der Waals surface area contributed by atoms with E-state index in [-0.39, 0.29) is 18.6 Å². The van der Waals surface area contributed by atoms with Gasteiger partial charge in [-0.05, 0) is 64.4 Å². The third kappa shape index (κ3) is 6.01. The Labute approximate surface area is 196 Å². The molecule has 33 heavy (non-hydrogen) atoms. The maximum atomic E-state index is 13.6. The van der Waals surface area contributed by atoms with Crippen LogP contribution in [0.5, 0.6) is 0 Å². The molecule has 0 aromatic heterocycles. The van der Waals surface area contributed by atoms with Crippen LogP contribution in [-0.4, -0.2) is 52.6 Å². The number of carbonyl (C=O) groups excluding carboxylic acids is 2. The molecular formula is C26H38N2O5. The molecule has 3 atom stereocenters. The van der Waals surface area contributed by atoms with E-state index in [1.165, 1.54) is 0 Å². The molecule has 3 N–H and O–H groups in total. The predicted octanol–water partition coefficient (Wildman–Crippen LogP) is 3.40. The number of aliphatic carboxylic acids is 1. The van der Waals surface area contributed by atoms with Gasteiger partial charge in [0.15, 0.2) is 11.3 Å². The summed E-state index contributed by atoms with van der Waals surface area (Å²) in [5, 5.41) is 16.7. The van der Waals surface area contributed by atoms with Gasteiger partial charge in [0.1, 0.15) is 6.04 Å². The first-order chi connectivity index (χ1) is 15.8. The summed E-state index contributed by atoms with van der Waals surface area (Å²) in [5.74, 6) is -1.95. The summed E-state index contributed by atoms with van der Waals surface area (Å²) in [6, 6.07) is 8.31. The number of carbonyl (C=O) groups is 3. The zero-order valence-electron chi connectivity index (χ0n) is 19.9. The van der Waals surface area contributed by atoms with E-state index in [9.17, 15) is 19.5 Å². The Morgan fingerprint density at radius 2 is 1.73 bits per heavy atom. The van der Waals surface area contributed by atoms with Crippen LogP contribution in [0, 0.1) is 0 Å². The van der Waals surface area contributed by atoms with Crippen molar-refractivity contribution >= 4 is 17.7 Å². The average Bonchev–Trinajstić information content (AvgIpc) is 2.82. The van der Waals surface area contributed by atoms with E-state index in [1.807, 2.05) is 30.3 Å².